The van der Waals surface area contributed by atoms with Crippen LogP contribution in [0.15, 0.2) is 4.52 Å². The molecule has 6 nitrogen and oxygen atoms in total. The molecule has 21 heavy (non-hydrogen) atoms. The molecule has 1 saturated heterocycles. The second-order valence-corrected chi connectivity index (χ2v) is 7.19. The highest BCUT2D eigenvalue weighted by Gasteiger charge is 2.32. The maximum Gasteiger partial charge on any atom is 0.229 e. The molecule has 0 aromatic carbocycles. The zero-order valence-electron chi connectivity index (χ0n) is 11.5. The van der Waals surface area contributed by atoms with Gasteiger partial charge in [0.1, 0.15) is 10.0 Å². The molecule has 0 bridgehead atoms. The van der Waals surface area contributed by atoms with Crippen LogP contribution in [0.1, 0.15) is 54.9 Å². The van der Waals surface area contributed by atoms with Crippen LogP contribution in [0.4, 0.5) is 0 Å². The van der Waals surface area contributed by atoms with Gasteiger partial charge >= 0.3 is 0 Å². The normalized spacial score (nSPS) is 23.6. The lowest BCUT2D eigenvalue weighted by atomic mass is 9.97. The first kappa shape index (κ1) is 13.6. The van der Waals surface area contributed by atoms with Gasteiger partial charge in [0.25, 0.3) is 0 Å². The van der Waals surface area contributed by atoms with Crippen molar-refractivity contribution in [3.05, 3.63) is 21.7 Å². The van der Waals surface area contributed by atoms with Crippen LogP contribution < -0.4 is 0 Å². The predicted molar refractivity (Wildman–Crippen MR) is 78.4 cm³/mol. The average molecular weight is 326 g/mol. The van der Waals surface area contributed by atoms with Crippen LogP contribution in [-0.2, 0) is 6.54 Å². The monoisotopic (exact) mass is 325 g/mol. The van der Waals surface area contributed by atoms with Crippen molar-refractivity contribution in [3.63, 3.8) is 0 Å². The fraction of sp³-hybridized carbons (Fsp3) is 0.692. The average Bonchev–Trinajstić information content (AvgIpc) is 3.09. The smallest absolute Gasteiger partial charge is 0.229 e. The van der Waals surface area contributed by atoms with Crippen LogP contribution in [0.2, 0.25) is 4.34 Å². The maximum absolute atomic E-state index is 6.08. The molecule has 1 saturated carbocycles. The Morgan fingerprint density at radius 3 is 2.95 bits per heavy atom. The Labute approximate surface area is 131 Å². The quantitative estimate of drug-likeness (QED) is 0.861. The summed E-state index contributed by atoms with van der Waals surface area (Å²) in [4.78, 5) is 6.94. The number of piperidine rings is 1. The highest BCUT2D eigenvalue weighted by atomic mass is 35.5. The molecule has 0 spiro atoms. The van der Waals surface area contributed by atoms with E-state index in [4.69, 9.17) is 16.1 Å². The van der Waals surface area contributed by atoms with Crippen LogP contribution in [0.25, 0.3) is 0 Å². The molecule has 2 fully saturated rings. The lowest BCUT2D eigenvalue weighted by Gasteiger charge is -2.30. The molecule has 0 amide bonds. The zero-order chi connectivity index (χ0) is 14.2. The Kier molecular flexibility index (Phi) is 3.64. The third kappa shape index (κ3) is 2.95. The van der Waals surface area contributed by atoms with Crippen molar-refractivity contribution in [2.24, 2.45) is 0 Å². The summed E-state index contributed by atoms with van der Waals surface area (Å²) >= 11 is 7.33. The summed E-state index contributed by atoms with van der Waals surface area (Å²) < 4.78 is 9.96. The summed E-state index contributed by atoms with van der Waals surface area (Å²) in [6.07, 6.45) is 4.62. The summed E-state index contributed by atoms with van der Waals surface area (Å²) in [5.41, 5.74) is 0.870. The molecule has 1 unspecified atom stereocenters. The Morgan fingerprint density at radius 1 is 1.29 bits per heavy atom. The van der Waals surface area contributed by atoms with Gasteiger partial charge in [-0.3, -0.25) is 4.90 Å². The zero-order valence-corrected chi connectivity index (χ0v) is 13.1. The molecule has 8 heteroatoms. The van der Waals surface area contributed by atoms with Crippen LogP contribution in [0.3, 0.4) is 0 Å². The van der Waals surface area contributed by atoms with Crippen molar-refractivity contribution in [1.29, 1.82) is 0 Å². The summed E-state index contributed by atoms with van der Waals surface area (Å²) in [7, 11) is 0. The fourth-order valence-electron chi connectivity index (χ4n) is 2.82. The number of nitrogens with zero attached hydrogens (tertiary/aromatic N) is 5. The molecule has 3 heterocycles. The van der Waals surface area contributed by atoms with Crippen molar-refractivity contribution in [1.82, 2.24) is 24.6 Å². The van der Waals surface area contributed by atoms with Gasteiger partial charge in [-0.25, -0.2) is 0 Å². The molecule has 4 rings (SSSR count). The van der Waals surface area contributed by atoms with Crippen molar-refractivity contribution in [3.8, 4) is 0 Å². The number of halogens is 1. The highest BCUT2D eigenvalue weighted by Crippen LogP contribution is 2.39. The van der Waals surface area contributed by atoms with Crippen molar-refractivity contribution < 1.29 is 4.52 Å². The van der Waals surface area contributed by atoms with E-state index < -0.39 is 0 Å². The third-order valence-electron chi connectivity index (χ3n) is 4.14. The topological polar surface area (TPSA) is 67.9 Å². The minimum Gasteiger partial charge on any atom is -0.339 e. The van der Waals surface area contributed by atoms with Gasteiger partial charge in [0, 0.05) is 36.5 Å². The van der Waals surface area contributed by atoms with Crippen LogP contribution in [0.5, 0.6) is 0 Å². The number of hydrogen-bond donors (Lipinski definition) is 0. The fourth-order valence-corrected chi connectivity index (χ4v) is 3.43. The molecule has 2 aliphatic rings. The van der Waals surface area contributed by atoms with E-state index in [1.165, 1.54) is 24.4 Å². The van der Waals surface area contributed by atoms with E-state index in [0.717, 1.165) is 49.9 Å². The number of hydrogen-bond acceptors (Lipinski definition) is 7. The molecule has 1 aliphatic heterocycles. The first-order valence-electron chi connectivity index (χ1n) is 7.32. The number of aromatic nitrogens is 4. The standard InChI is InChI=1S/C13H16ClN5OS/c14-11-10(16-18-21-11)7-19-5-1-2-9(6-19)12-15-13(20-17-12)8-3-4-8/h8-9H,1-7H2. The second-order valence-electron chi connectivity index (χ2n) is 5.83. The Balaban J connectivity index is 1.43. The molecular formula is C13H16ClN5OS. The van der Waals surface area contributed by atoms with Crippen molar-refractivity contribution in [2.45, 2.75) is 44.1 Å². The lowest BCUT2D eigenvalue weighted by Crippen LogP contribution is -2.34. The van der Waals surface area contributed by atoms with Gasteiger partial charge < -0.3 is 4.52 Å². The Morgan fingerprint density at radius 2 is 2.19 bits per heavy atom. The van der Waals surface area contributed by atoms with E-state index in [0.29, 0.717) is 16.2 Å². The summed E-state index contributed by atoms with van der Waals surface area (Å²) in [6, 6.07) is 0. The van der Waals surface area contributed by atoms with E-state index >= 15 is 0 Å². The van der Waals surface area contributed by atoms with Gasteiger partial charge in [0.2, 0.25) is 5.89 Å². The molecule has 2 aromatic heterocycles. The van der Waals surface area contributed by atoms with Gasteiger partial charge in [0.15, 0.2) is 5.82 Å². The van der Waals surface area contributed by atoms with E-state index in [2.05, 4.69) is 24.6 Å². The summed E-state index contributed by atoms with van der Waals surface area (Å²) in [6.45, 7) is 2.73. The lowest BCUT2D eigenvalue weighted by molar-refractivity contribution is 0.192. The molecule has 1 atom stereocenters. The van der Waals surface area contributed by atoms with Gasteiger partial charge in [-0.2, -0.15) is 4.98 Å². The molecule has 1 aliphatic carbocycles. The molecular weight excluding hydrogens is 310 g/mol. The van der Waals surface area contributed by atoms with Crippen LogP contribution >= 0.6 is 23.1 Å². The van der Waals surface area contributed by atoms with E-state index in [1.807, 2.05) is 0 Å². The molecule has 112 valence electrons. The van der Waals surface area contributed by atoms with Crippen LogP contribution in [0, 0.1) is 0 Å². The van der Waals surface area contributed by atoms with Gasteiger partial charge in [-0.1, -0.05) is 21.2 Å². The summed E-state index contributed by atoms with van der Waals surface area (Å²) in [5, 5.41) is 8.27. The molecule has 0 radical (unpaired) electrons. The first-order valence-corrected chi connectivity index (χ1v) is 8.47. The van der Waals surface area contributed by atoms with Crippen molar-refractivity contribution in [2.75, 3.05) is 13.1 Å². The van der Waals surface area contributed by atoms with E-state index in [-0.39, 0.29) is 0 Å². The minimum absolute atomic E-state index is 0.348. The third-order valence-corrected chi connectivity index (χ3v) is 5.12. The van der Waals surface area contributed by atoms with Gasteiger partial charge in [-0.15, -0.1) is 5.10 Å². The van der Waals surface area contributed by atoms with Gasteiger partial charge in [-0.05, 0) is 32.2 Å². The first-order chi connectivity index (χ1) is 10.3. The SMILES string of the molecule is Clc1snnc1CN1CCCC(c2noc(C3CC3)n2)C1. The van der Waals surface area contributed by atoms with Gasteiger partial charge in [0.05, 0.1) is 0 Å². The molecule has 2 aromatic rings. The molecule has 0 N–H and O–H groups in total. The van der Waals surface area contributed by atoms with Crippen molar-refractivity contribution >= 4 is 23.1 Å². The van der Waals surface area contributed by atoms with Crippen LogP contribution in [-0.4, -0.2) is 37.7 Å². The maximum atomic E-state index is 6.08. The minimum atomic E-state index is 0.348. The Hall–Kier alpha value is -1.05. The summed E-state index contributed by atoms with van der Waals surface area (Å²) in [5.74, 6) is 2.56. The highest BCUT2D eigenvalue weighted by molar-refractivity contribution is 7.10. The second kappa shape index (κ2) is 5.62. The number of likely N-dealkylation sites (tertiary alicyclic amines) is 1. The predicted octanol–water partition coefficient (Wildman–Crippen LogP) is 2.83. The van der Waals surface area contributed by atoms with E-state index in [9.17, 15) is 0 Å². The largest absolute Gasteiger partial charge is 0.339 e. The number of rotatable bonds is 4. The Bertz CT molecular complexity index is 626. The van der Waals surface area contributed by atoms with E-state index in [1.54, 1.807) is 0 Å².